The first-order chi connectivity index (χ1) is 14.4. The third-order valence-electron chi connectivity index (χ3n) is 4.95. The van der Waals surface area contributed by atoms with Gasteiger partial charge in [-0.2, -0.15) is 13.2 Å². The highest BCUT2D eigenvalue weighted by molar-refractivity contribution is 14.1. The maximum atomic E-state index is 14.3. The van der Waals surface area contributed by atoms with Gasteiger partial charge in [-0.15, -0.1) is 0 Å². The molecule has 0 bridgehead atoms. The Balaban J connectivity index is 1.82. The number of rotatable bonds is 4. The van der Waals surface area contributed by atoms with Gasteiger partial charge >= 0.3 is 6.18 Å². The topological polar surface area (TPSA) is 58.1 Å². The molecule has 1 aromatic heterocycles. The molecule has 1 saturated heterocycles. The van der Waals surface area contributed by atoms with Gasteiger partial charge in [0, 0.05) is 34.0 Å². The van der Waals surface area contributed by atoms with E-state index in [9.17, 15) is 26.7 Å². The number of piperidine rings is 1. The lowest BCUT2D eigenvalue weighted by molar-refractivity contribution is -0.138. The van der Waals surface area contributed by atoms with Crippen molar-refractivity contribution in [3.05, 3.63) is 50.3 Å². The van der Waals surface area contributed by atoms with Crippen LogP contribution in [0.1, 0.15) is 29.3 Å². The molecule has 2 aromatic rings. The molecule has 2 atom stereocenters. The highest BCUT2D eigenvalue weighted by atomic mass is 127. The average Bonchev–Trinajstić information content (AvgIpc) is 2.67. The van der Waals surface area contributed by atoms with Gasteiger partial charge in [0.05, 0.1) is 23.7 Å². The van der Waals surface area contributed by atoms with Crippen LogP contribution in [0.15, 0.2) is 30.6 Å². The van der Waals surface area contributed by atoms with Crippen molar-refractivity contribution < 1.29 is 26.7 Å². The Kier molecular flexibility index (Phi) is 6.94. The molecule has 0 radical (unpaired) electrons. The molecule has 0 saturated carbocycles. The molecule has 1 fully saturated rings. The number of nitrogens with zero attached hydrogens (tertiary/aromatic N) is 3. The van der Waals surface area contributed by atoms with Crippen LogP contribution in [-0.2, 0) is 6.18 Å². The summed E-state index contributed by atoms with van der Waals surface area (Å²) in [4.78, 5) is 21.5. The number of hydrogen-bond acceptors (Lipinski definition) is 4. The molecule has 5 nitrogen and oxygen atoms in total. The number of alkyl halides is 5. The zero-order chi connectivity index (χ0) is 23.0. The van der Waals surface area contributed by atoms with Crippen molar-refractivity contribution in [2.45, 2.75) is 31.5 Å². The van der Waals surface area contributed by atoms with Gasteiger partial charge in [0.2, 0.25) is 5.95 Å². The van der Waals surface area contributed by atoms with Crippen molar-refractivity contribution in [2.24, 2.45) is 5.92 Å². The third-order valence-corrected chi connectivity index (χ3v) is 6.12. The van der Waals surface area contributed by atoms with Crippen LogP contribution in [0.4, 0.5) is 27.9 Å². The van der Waals surface area contributed by atoms with E-state index in [4.69, 9.17) is 11.6 Å². The van der Waals surface area contributed by atoms with Crippen LogP contribution in [0.3, 0.4) is 0 Å². The maximum Gasteiger partial charge on any atom is 0.419 e. The summed E-state index contributed by atoms with van der Waals surface area (Å²) in [5.74, 6) is -4.35. The van der Waals surface area contributed by atoms with Crippen LogP contribution < -0.4 is 5.32 Å². The summed E-state index contributed by atoms with van der Waals surface area (Å²) in [5, 5.41) is 3.06. The van der Waals surface area contributed by atoms with Gasteiger partial charge in [0.15, 0.2) is 0 Å². The molecule has 0 spiro atoms. The van der Waals surface area contributed by atoms with E-state index >= 15 is 0 Å². The highest BCUT2D eigenvalue weighted by Crippen LogP contribution is 2.36. The van der Waals surface area contributed by atoms with Crippen LogP contribution in [0.25, 0.3) is 0 Å². The lowest BCUT2D eigenvalue weighted by Crippen LogP contribution is -2.57. The number of carbonyl (C=O) groups is 1. The van der Waals surface area contributed by atoms with Gasteiger partial charge in [-0.05, 0) is 46.7 Å². The smallest absolute Gasteiger partial charge is 0.352 e. The van der Waals surface area contributed by atoms with Crippen LogP contribution in [0, 0.1) is 9.49 Å². The Morgan fingerprint density at radius 3 is 2.58 bits per heavy atom. The Hall–Kier alpha value is -1.76. The summed E-state index contributed by atoms with van der Waals surface area (Å²) in [7, 11) is 0. The fourth-order valence-corrected chi connectivity index (χ4v) is 4.20. The van der Waals surface area contributed by atoms with E-state index in [-0.39, 0.29) is 18.1 Å². The van der Waals surface area contributed by atoms with Gasteiger partial charge in [-0.25, -0.2) is 18.7 Å². The van der Waals surface area contributed by atoms with Crippen molar-refractivity contribution in [3.63, 3.8) is 0 Å². The molecule has 1 amide bonds. The van der Waals surface area contributed by atoms with E-state index in [1.165, 1.54) is 6.07 Å². The van der Waals surface area contributed by atoms with Gasteiger partial charge in [-0.3, -0.25) is 4.79 Å². The van der Waals surface area contributed by atoms with E-state index in [0.29, 0.717) is 21.0 Å². The van der Waals surface area contributed by atoms with Gasteiger partial charge in [0.1, 0.15) is 0 Å². The van der Waals surface area contributed by atoms with Crippen molar-refractivity contribution >= 4 is 46.0 Å². The van der Waals surface area contributed by atoms with Crippen molar-refractivity contribution in [3.8, 4) is 0 Å². The minimum Gasteiger partial charge on any atom is -0.352 e. The van der Waals surface area contributed by atoms with Crippen molar-refractivity contribution in [2.75, 3.05) is 18.4 Å². The number of hydrogen-bond donors (Lipinski definition) is 1. The second-order valence-electron chi connectivity index (χ2n) is 7.34. The number of aromatic nitrogens is 2. The standard InChI is InChI=1S/C19H17ClF5IN4O/c1-10-5-18(21,22)9-30(16(31)13-4-12(20)2-3-14(13)26)15(10)8-29-17-27-6-11(7-28-17)19(23,24)25/h2-4,6-7,10,15H,5,8-9H2,1H3,(H,27,28,29)/t10-,15?/m1/s1. The van der Waals surface area contributed by atoms with E-state index in [0.717, 1.165) is 4.90 Å². The summed E-state index contributed by atoms with van der Waals surface area (Å²) in [6, 6.07) is 3.97. The normalized spacial score (nSPS) is 21.1. The Morgan fingerprint density at radius 1 is 1.32 bits per heavy atom. The van der Waals surface area contributed by atoms with Crippen LogP contribution >= 0.6 is 34.2 Å². The van der Waals surface area contributed by atoms with Crippen LogP contribution in [0.2, 0.25) is 5.02 Å². The first-order valence-electron chi connectivity index (χ1n) is 9.14. The lowest BCUT2D eigenvalue weighted by atomic mass is 9.88. The summed E-state index contributed by atoms with van der Waals surface area (Å²) >= 11 is 7.90. The molecular weight excluding hydrogens is 558 g/mol. The molecule has 1 N–H and O–H groups in total. The number of carbonyl (C=O) groups excluding carboxylic acids is 1. The lowest BCUT2D eigenvalue weighted by Gasteiger charge is -2.43. The average molecular weight is 575 g/mol. The van der Waals surface area contributed by atoms with Crippen LogP contribution in [0.5, 0.6) is 0 Å². The number of benzene rings is 1. The molecule has 3 rings (SSSR count). The van der Waals surface area contributed by atoms with Crippen LogP contribution in [-0.4, -0.2) is 45.8 Å². The van der Waals surface area contributed by atoms with Gasteiger partial charge in [0.25, 0.3) is 11.8 Å². The fraction of sp³-hybridized carbons (Fsp3) is 0.421. The largest absolute Gasteiger partial charge is 0.419 e. The molecule has 1 unspecified atom stereocenters. The van der Waals surface area contributed by atoms with E-state index in [2.05, 4.69) is 15.3 Å². The molecule has 1 aromatic carbocycles. The summed E-state index contributed by atoms with van der Waals surface area (Å²) < 4.78 is 67.1. The monoisotopic (exact) mass is 574 g/mol. The number of anilines is 1. The first kappa shape index (κ1) is 23.9. The minimum atomic E-state index is -4.57. The third kappa shape index (κ3) is 5.73. The van der Waals surface area contributed by atoms with Gasteiger partial charge in [-0.1, -0.05) is 18.5 Å². The fourth-order valence-electron chi connectivity index (χ4n) is 3.46. The van der Waals surface area contributed by atoms with E-state index in [1.54, 1.807) is 19.1 Å². The number of amides is 1. The van der Waals surface area contributed by atoms with Gasteiger partial charge < -0.3 is 10.2 Å². The number of likely N-dealkylation sites (tertiary alicyclic amines) is 1. The van der Waals surface area contributed by atoms with Crippen molar-refractivity contribution in [1.29, 1.82) is 0 Å². The zero-order valence-electron chi connectivity index (χ0n) is 16.1. The second kappa shape index (κ2) is 9.00. The molecule has 31 heavy (non-hydrogen) atoms. The molecule has 0 aliphatic carbocycles. The predicted molar refractivity (Wildman–Crippen MR) is 113 cm³/mol. The molecule has 1 aliphatic rings. The molecule has 168 valence electrons. The minimum absolute atomic E-state index is 0.00844. The zero-order valence-corrected chi connectivity index (χ0v) is 19.0. The summed E-state index contributed by atoms with van der Waals surface area (Å²) in [5.41, 5.74) is -0.801. The van der Waals surface area contributed by atoms with Crippen molar-refractivity contribution in [1.82, 2.24) is 14.9 Å². The predicted octanol–water partition coefficient (Wildman–Crippen LogP) is 5.35. The Bertz CT molecular complexity index is 957. The Labute approximate surface area is 193 Å². The Morgan fingerprint density at radius 2 is 1.97 bits per heavy atom. The van der Waals surface area contributed by atoms with E-state index < -0.39 is 48.5 Å². The number of nitrogens with one attached hydrogen (secondary N) is 1. The molecule has 2 heterocycles. The van der Waals surface area contributed by atoms with E-state index in [1.807, 2.05) is 22.6 Å². The highest BCUT2D eigenvalue weighted by Gasteiger charge is 2.46. The molecule has 1 aliphatic heterocycles. The summed E-state index contributed by atoms with van der Waals surface area (Å²) in [6.07, 6.45) is -3.74. The maximum absolute atomic E-state index is 14.3. The summed E-state index contributed by atoms with van der Waals surface area (Å²) in [6.45, 7) is 0.806. The quantitative estimate of drug-likeness (QED) is 0.395. The first-order valence-corrected chi connectivity index (χ1v) is 10.6. The molecule has 12 heteroatoms. The second-order valence-corrected chi connectivity index (χ2v) is 8.93. The molecular formula is C19H17ClF5IN4O. The SMILES string of the molecule is C[C@@H]1CC(F)(F)CN(C(=O)c2cc(Cl)ccc2I)C1CNc1ncc(C(F)(F)F)cn1. The number of halogens is 7.